The van der Waals surface area contributed by atoms with Gasteiger partial charge >= 0.3 is 6.03 Å². The van der Waals surface area contributed by atoms with E-state index in [0.717, 1.165) is 16.9 Å². The van der Waals surface area contributed by atoms with Crippen molar-refractivity contribution in [1.29, 1.82) is 0 Å². The quantitative estimate of drug-likeness (QED) is 0.768. The molecule has 1 saturated heterocycles. The number of likely N-dealkylation sites (tertiary alicyclic amines) is 1. The minimum absolute atomic E-state index is 0.0274. The number of nitrogens with zero attached hydrogens (tertiary/aromatic N) is 1. The van der Waals surface area contributed by atoms with E-state index in [1.54, 1.807) is 12.0 Å². The standard InChI is InChI=1S/C20H24N2O4/c1-26-19-7-3-5-15(9-19)14-4-2-6-18(8-14)21-20(25)22-10-16(12-23)17(11-22)13-24/h2-9,16-17,23-24H,10-13H2,1H3,(H,21,25). The topological polar surface area (TPSA) is 82.0 Å². The monoisotopic (exact) mass is 356 g/mol. The van der Waals surface area contributed by atoms with Crippen molar-refractivity contribution in [1.82, 2.24) is 4.90 Å². The number of hydrogen-bond donors (Lipinski definition) is 3. The van der Waals surface area contributed by atoms with Crippen LogP contribution in [0.4, 0.5) is 10.5 Å². The molecule has 0 bridgehead atoms. The number of benzene rings is 2. The maximum atomic E-state index is 12.5. The van der Waals surface area contributed by atoms with Gasteiger partial charge in [-0.15, -0.1) is 0 Å². The first-order valence-electron chi connectivity index (χ1n) is 8.66. The van der Waals surface area contributed by atoms with Gasteiger partial charge in [0.1, 0.15) is 5.75 Å². The van der Waals surface area contributed by atoms with Crippen molar-refractivity contribution < 1.29 is 19.7 Å². The van der Waals surface area contributed by atoms with Crippen molar-refractivity contribution in [2.75, 3.05) is 38.7 Å². The zero-order valence-corrected chi connectivity index (χ0v) is 14.8. The fourth-order valence-electron chi connectivity index (χ4n) is 3.30. The molecule has 138 valence electrons. The number of methoxy groups -OCH3 is 1. The van der Waals surface area contributed by atoms with Gasteiger partial charge < -0.3 is 25.2 Å². The van der Waals surface area contributed by atoms with Crippen LogP contribution >= 0.6 is 0 Å². The van der Waals surface area contributed by atoms with Crippen molar-refractivity contribution in [2.24, 2.45) is 11.8 Å². The summed E-state index contributed by atoms with van der Waals surface area (Å²) < 4.78 is 5.26. The second-order valence-corrected chi connectivity index (χ2v) is 6.53. The fourth-order valence-corrected chi connectivity index (χ4v) is 3.30. The average Bonchev–Trinajstić information content (AvgIpc) is 3.12. The number of carbonyl (C=O) groups excluding carboxylic acids is 1. The van der Waals surface area contributed by atoms with Gasteiger partial charge in [0, 0.05) is 43.8 Å². The molecule has 3 rings (SSSR count). The minimum Gasteiger partial charge on any atom is -0.497 e. The minimum atomic E-state index is -0.220. The Morgan fingerprint density at radius 2 is 1.69 bits per heavy atom. The van der Waals surface area contributed by atoms with Crippen LogP contribution in [0.15, 0.2) is 48.5 Å². The molecule has 2 aromatic rings. The zero-order chi connectivity index (χ0) is 18.5. The van der Waals surface area contributed by atoms with Gasteiger partial charge in [-0.05, 0) is 35.4 Å². The molecule has 1 aliphatic rings. The second-order valence-electron chi connectivity index (χ2n) is 6.53. The van der Waals surface area contributed by atoms with Crippen molar-refractivity contribution in [3.05, 3.63) is 48.5 Å². The molecule has 26 heavy (non-hydrogen) atoms. The first-order valence-corrected chi connectivity index (χ1v) is 8.66. The molecule has 1 aliphatic heterocycles. The van der Waals surface area contributed by atoms with Crippen LogP contribution in [0.1, 0.15) is 0 Å². The number of ether oxygens (including phenoxy) is 1. The third-order valence-electron chi connectivity index (χ3n) is 4.85. The van der Waals surface area contributed by atoms with Crippen LogP contribution < -0.4 is 10.1 Å². The van der Waals surface area contributed by atoms with Crippen molar-refractivity contribution >= 4 is 11.7 Å². The summed E-state index contributed by atoms with van der Waals surface area (Å²) in [6.07, 6.45) is 0. The lowest BCUT2D eigenvalue weighted by Crippen LogP contribution is -2.33. The smallest absolute Gasteiger partial charge is 0.321 e. The number of aliphatic hydroxyl groups is 2. The molecule has 6 nitrogen and oxygen atoms in total. The number of urea groups is 1. The number of aliphatic hydroxyl groups excluding tert-OH is 2. The first kappa shape index (κ1) is 18.2. The molecule has 1 fully saturated rings. The molecule has 2 amide bonds. The molecule has 0 radical (unpaired) electrons. The van der Waals surface area contributed by atoms with Crippen LogP contribution in [0.5, 0.6) is 5.75 Å². The molecule has 2 atom stereocenters. The Morgan fingerprint density at radius 3 is 2.31 bits per heavy atom. The van der Waals surface area contributed by atoms with Crippen molar-refractivity contribution in [3.63, 3.8) is 0 Å². The molecule has 6 heteroatoms. The average molecular weight is 356 g/mol. The summed E-state index contributed by atoms with van der Waals surface area (Å²) in [5, 5.41) is 21.7. The second kappa shape index (κ2) is 8.21. The number of amides is 2. The SMILES string of the molecule is COc1cccc(-c2cccc(NC(=O)N3CC(CO)C(CO)C3)c2)c1. The van der Waals surface area contributed by atoms with E-state index in [1.807, 2.05) is 48.5 Å². The maximum Gasteiger partial charge on any atom is 0.321 e. The van der Waals surface area contributed by atoms with E-state index in [0.29, 0.717) is 18.8 Å². The molecule has 1 heterocycles. The van der Waals surface area contributed by atoms with Crippen molar-refractivity contribution in [3.8, 4) is 16.9 Å². The normalized spacial score (nSPS) is 19.4. The molecular weight excluding hydrogens is 332 g/mol. The van der Waals surface area contributed by atoms with E-state index < -0.39 is 0 Å². The van der Waals surface area contributed by atoms with Crippen LogP contribution in [0.2, 0.25) is 0 Å². The Morgan fingerprint density at radius 1 is 1.08 bits per heavy atom. The summed E-state index contributed by atoms with van der Waals surface area (Å²) in [7, 11) is 1.63. The van der Waals surface area contributed by atoms with Crippen LogP contribution in [-0.2, 0) is 0 Å². The lowest BCUT2D eigenvalue weighted by Gasteiger charge is -2.17. The van der Waals surface area contributed by atoms with E-state index in [2.05, 4.69) is 5.32 Å². The highest BCUT2D eigenvalue weighted by Crippen LogP contribution is 2.27. The predicted octanol–water partition coefficient (Wildman–Crippen LogP) is 2.43. The highest BCUT2D eigenvalue weighted by atomic mass is 16.5. The Bertz CT molecular complexity index is 753. The summed E-state index contributed by atoms with van der Waals surface area (Å²) >= 11 is 0. The van der Waals surface area contributed by atoms with Gasteiger partial charge in [0.25, 0.3) is 0 Å². The van der Waals surface area contributed by atoms with Gasteiger partial charge in [0.2, 0.25) is 0 Å². The summed E-state index contributed by atoms with van der Waals surface area (Å²) in [5.41, 5.74) is 2.68. The number of carbonyl (C=O) groups is 1. The maximum absolute atomic E-state index is 12.5. The number of nitrogens with one attached hydrogen (secondary N) is 1. The van der Waals surface area contributed by atoms with Gasteiger partial charge in [-0.2, -0.15) is 0 Å². The summed E-state index contributed by atoms with van der Waals surface area (Å²) in [4.78, 5) is 14.2. The number of rotatable bonds is 5. The molecule has 0 saturated carbocycles. The highest BCUT2D eigenvalue weighted by Gasteiger charge is 2.34. The third kappa shape index (κ3) is 3.98. The van der Waals surface area contributed by atoms with Crippen LogP contribution in [0, 0.1) is 11.8 Å². The lowest BCUT2D eigenvalue weighted by atomic mass is 9.98. The Labute approximate surface area is 153 Å². The number of anilines is 1. The van der Waals surface area contributed by atoms with Crippen LogP contribution in [-0.4, -0.2) is 54.6 Å². The molecule has 3 N–H and O–H groups in total. The van der Waals surface area contributed by atoms with Crippen LogP contribution in [0.3, 0.4) is 0 Å². The zero-order valence-electron chi connectivity index (χ0n) is 14.8. The van der Waals surface area contributed by atoms with Crippen LogP contribution in [0.25, 0.3) is 11.1 Å². The molecule has 0 spiro atoms. The molecule has 0 aromatic heterocycles. The summed E-state index contributed by atoms with van der Waals surface area (Å²) in [6.45, 7) is 0.840. The van der Waals surface area contributed by atoms with E-state index in [4.69, 9.17) is 4.74 Å². The van der Waals surface area contributed by atoms with E-state index in [9.17, 15) is 15.0 Å². The van der Waals surface area contributed by atoms with E-state index in [1.165, 1.54) is 0 Å². The number of hydrogen-bond acceptors (Lipinski definition) is 4. The van der Waals surface area contributed by atoms with Gasteiger partial charge in [0.05, 0.1) is 7.11 Å². The Balaban J connectivity index is 1.72. The summed E-state index contributed by atoms with van der Waals surface area (Å²) in [5.74, 6) is 0.627. The van der Waals surface area contributed by atoms with Gasteiger partial charge in [-0.1, -0.05) is 24.3 Å². The molecule has 2 aromatic carbocycles. The summed E-state index contributed by atoms with van der Waals surface area (Å²) in [6, 6.07) is 15.1. The molecule has 0 aliphatic carbocycles. The Hall–Kier alpha value is -2.57. The lowest BCUT2D eigenvalue weighted by molar-refractivity contribution is 0.152. The predicted molar refractivity (Wildman–Crippen MR) is 100 cm³/mol. The Kier molecular flexibility index (Phi) is 5.75. The van der Waals surface area contributed by atoms with E-state index >= 15 is 0 Å². The molecule has 2 unspecified atom stereocenters. The molecular formula is C20H24N2O4. The van der Waals surface area contributed by atoms with Gasteiger partial charge in [0.15, 0.2) is 0 Å². The highest BCUT2D eigenvalue weighted by molar-refractivity contribution is 5.90. The third-order valence-corrected chi connectivity index (χ3v) is 4.85. The van der Waals surface area contributed by atoms with E-state index in [-0.39, 0.29) is 31.1 Å². The van der Waals surface area contributed by atoms with Gasteiger partial charge in [-0.3, -0.25) is 0 Å². The van der Waals surface area contributed by atoms with Crippen molar-refractivity contribution in [2.45, 2.75) is 0 Å². The van der Waals surface area contributed by atoms with Gasteiger partial charge in [-0.25, -0.2) is 4.79 Å². The fraction of sp³-hybridized carbons (Fsp3) is 0.350. The first-order chi connectivity index (χ1) is 12.6. The largest absolute Gasteiger partial charge is 0.497 e.